The van der Waals surface area contributed by atoms with Crippen LogP contribution in [0.25, 0.3) is 0 Å². The summed E-state index contributed by atoms with van der Waals surface area (Å²) in [5, 5.41) is 5.20. The molecule has 1 aromatic rings. The third kappa shape index (κ3) is 4.84. The quantitative estimate of drug-likeness (QED) is 0.508. The molecule has 9 nitrogen and oxygen atoms in total. The molecule has 1 aromatic carbocycles. The van der Waals surface area contributed by atoms with Crippen molar-refractivity contribution in [2.75, 3.05) is 25.0 Å². The lowest BCUT2D eigenvalue weighted by Crippen LogP contribution is -2.37. The lowest BCUT2D eigenvalue weighted by Gasteiger charge is -2.19. The van der Waals surface area contributed by atoms with E-state index in [2.05, 4.69) is 10.6 Å². The van der Waals surface area contributed by atoms with Crippen LogP contribution < -0.4 is 10.6 Å². The first-order valence-electron chi connectivity index (χ1n) is 10.1. The number of rotatable bonds is 7. The van der Waals surface area contributed by atoms with Crippen molar-refractivity contribution in [1.82, 2.24) is 10.2 Å². The first kappa shape index (κ1) is 21.5. The number of likely N-dealkylation sites (tertiary alicyclic amines) is 1. The van der Waals surface area contributed by atoms with Crippen molar-refractivity contribution in [1.29, 1.82) is 0 Å². The summed E-state index contributed by atoms with van der Waals surface area (Å²) in [4.78, 5) is 61.7. The number of imide groups is 1. The molecule has 4 amide bonds. The molecule has 0 bridgehead atoms. The smallest absolute Gasteiger partial charge is 0.326 e. The molecule has 3 rings (SSSR count). The van der Waals surface area contributed by atoms with Crippen LogP contribution in [0.3, 0.4) is 0 Å². The Balaban J connectivity index is 1.49. The molecule has 1 heterocycles. The van der Waals surface area contributed by atoms with Gasteiger partial charge in [0, 0.05) is 17.8 Å². The largest absolute Gasteiger partial charge is 0.454 e. The Labute approximate surface area is 174 Å². The summed E-state index contributed by atoms with van der Waals surface area (Å²) in [6.07, 6.45) is 3.14. The average molecular weight is 415 g/mol. The van der Waals surface area contributed by atoms with E-state index in [0.717, 1.165) is 17.7 Å². The van der Waals surface area contributed by atoms with Crippen LogP contribution in [0.4, 0.5) is 5.69 Å². The van der Waals surface area contributed by atoms with Crippen LogP contribution in [0.15, 0.2) is 24.3 Å². The first-order chi connectivity index (χ1) is 14.4. The molecule has 1 saturated heterocycles. The van der Waals surface area contributed by atoms with E-state index in [-0.39, 0.29) is 29.6 Å². The maximum Gasteiger partial charge on any atom is 0.326 e. The number of carbonyl (C=O) groups excluding carboxylic acids is 5. The summed E-state index contributed by atoms with van der Waals surface area (Å²) < 4.78 is 4.93. The molecule has 2 fully saturated rings. The van der Waals surface area contributed by atoms with Crippen molar-refractivity contribution in [3.8, 4) is 0 Å². The van der Waals surface area contributed by atoms with Gasteiger partial charge in [0.1, 0.15) is 6.54 Å². The summed E-state index contributed by atoms with van der Waals surface area (Å²) in [7, 11) is 0. The number of esters is 1. The molecule has 0 spiro atoms. The van der Waals surface area contributed by atoms with Gasteiger partial charge in [0.2, 0.25) is 11.8 Å². The molecule has 1 aliphatic carbocycles. The number of fused-ring (bicyclic) bond motifs is 1. The third-order valence-electron chi connectivity index (χ3n) is 5.33. The Hall–Kier alpha value is -3.23. The Morgan fingerprint density at radius 1 is 1.10 bits per heavy atom. The van der Waals surface area contributed by atoms with Crippen LogP contribution in [0.5, 0.6) is 0 Å². The van der Waals surface area contributed by atoms with Gasteiger partial charge in [-0.2, -0.15) is 0 Å². The van der Waals surface area contributed by atoms with Gasteiger partial charge in [-0.25, -0.2) is 0 Å². The first-order valence-corrected chi connectivity index (χ1v) is 10.1. The van der Waals surface area contributed by atoms with Crippen LogP contribution in [0.2, 0.25) is 0 Å². The maximum atomic E-state index is 12.4. The van der Waals surface area contributed by atoms with Gasteiger partial charge in [-0.1, -0.05) is 18.9 Å². The molecule has 2 atom stereocenters. The van der Waals surface area contributed by atoms with Crippen molar-refractivity contribution in [2.24, 2.45) is 11.8 Å². The van der Waals surface area contributed by atoms with Crippen molar-refractivity contribution < 1.29 is 28.7 Å². The molecule has 2 aliphatic rings. The van der Waals surface area contributed by atoms with E-state index >= 15 is 0 Å². The Morgan fingerprint density at radius 2 is 1.77 bits per heavy atom. The van der Waals surface area contributed by atoms with Gasteiger partial charge in [-0.05, 0) is 38.0 Å². The van der Waals surface area contributed by atoms with E-state index in [1.165, 1.54) is 6.07 Å². The van der Waals surface area contributed by atoms with Gasteiger partial charge in [0.05, 0.1) is 11.8 Å². The number of amides is 4. The maximum absolute atomic E-state index is 12.4. The highest BCUT2D eigenvalue weighted by Gasteiger charge is 2.48. The van der Waals surface area contributed by atoms with Crippen molar-refractivity contribution >= 4 is 35.3 Å². The summed E-state index contributed by atoms with van der Waals surface area (Å²) >= 11 is 0. The molecule has 9 heteroatoms. The molecule has 0 aromatic heterocycles. The molecule has 1 saturated carbocycles. The average Bonchev–Trinajstić information content (AvgIpc) is 2.98. The van der Waals surface area contributed by atoms with Crippen LogP contribution in [-0.2, 0) is 23.9 Å². The highest BCUT2D eigenvalue weighted by molar-refractivity contribution is 6.07. The Morgan fingerprint density at radius 3 is 2.40 bits per heavy atom. The topological polar surface area (TPSA) is 122 Å². The molecule has 1 aliphatic heterocycles. The van der Waals surface area contributed by atoms with Crippen LogP contribution in [0.1, 0.15) is 43.0 Å². The molecular weight excluding hydrogens is 390 g/mol. The lowest BCUT2D eigenvalue weighted by atomic mass is 9.81. The van der Waals surface area contributed by atoms with Crippen LogP contribution >= 0.6 is 0 Å². The summed E-state index contributed by atoms with van der Waals surface area (Å²) in [6, 6.07) is 6.35. The summed E-state index contributed by atoms with van der Waals surface area (Å²) in [5.74, 6) is -2.99. The number of nitrogens with zero attached hydrogens (tertiary/aromatic N) is 1. The molecule has 0 radical (unpaired) electrons. The minimum absolute atomic E-state index is 0.263. The fourth-order valence-electron chi connectivity index (χ4n) is 3.91. The number of nitrogens with one attached hydrogen (secondary N) is 2. The Kier molecular flexibility index (Phi) is 6.81. The van der Waals surface area contributed by atoms with E-state index in [0.29, 0.717) is 30.6 Å². The van der Waals surface area contributed by atoms with Gasteiger partial charge < -0.3 is 15.4 Å². The van der Waals surface area contributed by atoms with E-state index in [4.69, 9.17) is 4.74 Å². The van der Waals surface area contributed by atoms with Crippen LogP contribution in [-0.4, -0.2) is 54.2 Å². The summed E-state index contributed by atoms with van der Waals surface area (Å²) in [5.41, 5.74) is 0.771. The molecular formula is C21H25N3O6. The van der Waals surface area contributed by atoms with E-state index < -0.39 is 25.0 Å². The fraction of sp³-hybridized carbons (Fsp3) is 0.476. The van der Waals surface area contributed by atoms with Crippen molar-refractivity contribution in [2.45, 2.75) is 32.6 Å². The predicted octanol–water partition coefficient (Wildman–Crippen LogP) is 1.09. The zero-order valence-electron chi connectivity index (χ0n) is 16.8. The second-order valence-corrected chi connectivity index (χ2v) is 7.41. The SMILES string of the molecule is CCNC(=O)c1cccc(NC(=O)COC(=O)CN2C(=O)C3CCCCC3C2=O)c1. The van der Waals surface area contributed by atoms with Gasteiger partial charge >= 0.3 is 5.97 Å². The van der Waals surface area contributed by atoms with E-state index in [1.807, 2.05) is 0 Å². The standard InChI is InChI=1S/C21H25N3O6/c1-2-22-19(27)13-6-5-7-14(10-13)23-17(25)12-30-18(26)11-24-20(28)15-8-3-4-9-16(15)21(24)29/h5-7,10,15-16H,2-4,8-9,11-12H2,1H3,(H,22,27)(H,23,25). The van der Waals surface area contributed by atoms with Crippen LogP contribution in [0, 0.1) is 11.8 Å². The minimum atomic E-state index is -0.818. The van der Waals surface area contributed by atoms with E-state index in [1.54, 1.807) is 25.1 Å². The number of carbonyl (C=O) groups is 5. The fourth-order valence-corrected chi connectivity index (χ4v) is 3.91. The summed E-state index contributed by atoms with van der Waals surface area (Å²) in [6.45, 7) is 1.24. The zero-order valence-corrected chi connectivity index (χ0v) is 16.8. The van der Waals surface area contributed by atoms with Gasteiger partial charge in [0.15, 0.2) is 6.61 Å². The van der Waals surface area contributed by atoms with Crippen molar-refractivity contribution in [3.05, 3.63) is 29.8 Å². The highest BCUT2D eigenvalue weighted by Crippen LogP contribution is 2.37. The Bertz CT molecular complexity index is 844. The number of hydrogen-bond acceptors (Lipinski definition) is 6. The monoisotopic (exact) mass is 415 g/mol. The minimum Gasteiger partial charge on any atom is -0.454 e. The molecule has 160 valence electrons. The van der Waals surface area contributed by atoms with Gasteiger partial charge in [0.25, 0.3) is 11.8 Å². The second kappa shape index (κ2) is 9.51. The normalized spacial score (nSPS) is 20.5. The van der Waals surface area contributed by atoms with Gasteiger partial charge in [-0.15, -0.1) is 0 Å². The number of hydrogen-bond donors (Lipinski definition) is 2. The molecule has 30 heavy (non-hydrogen) atoms. The highest BCUT2D eigenvalue weighted by atomic mass is 16.5. The zero-order chi connectivity index (χ0) is 21.7. The predicted molar refractivity (Wildman–Crippen MR) is 106 cm³/mol. The second-order valence-electron chi connectivity index (χ2n) is 7.41. The van der Waals surface area contributed by atoms with Crippen molar-refractivity contribution in [3.63, 3.8) is 0 Å². The molecule has 2 N–H and O–H groups in total. The van der Waals surface area contributed by atoms with Gasteiger partial charge in [-0.3, -0.25) is 28.9 Å². The lowest BCUT2D eigenvalue weighted by molar-refractivity contribution is -0.154. The van der Waals surface area contributed by atoms with E-state index in [9.17, 15) is 24.0 Å². The number of benzene rings is 1. The molecule has 2 unspecified atom stereocenters. The number of ether oxygens (including phenoxy) is 1. The number of anilines is 1. The third-order valence-corrected chi connectivity index (χ3v) is 5.33.